The van der Waals surface area contributed by atoms with E-state index in [1.54, 1.807) is 12.1 Å². The number of nitrogens with zero attached hydrogens (tertiary/aromatic N) is 6. The van der Waals surface area contributed by atoms with E-state index in [9.17, 15) is 14.9 Å². The summed E-state index contributed by atoms with van der Waals surface area (Å²) in [6.07, 6.45) is 18.1. The van der Waals surface area contributed by atoms with Crippen molar-refractivity contribution in [3.63, 3.8) is 0 Å². The van der Waals surface area contributed by atoms with Crippen LogP contribution < -0.4 is 15.5 Å². The molecule has 0 aliphatic carbocycles. The number of rotatable bonds is 25. The molecule has 0 spiro atoms. The summed E-state index contributed by atoms with van der Waals surface area (Å²) in [5.41, 5.74) is 2.91. The Morgan fingerprint density at radius 3 is 1.91 bits per heavy atom. The Balaban J connectivity index is 2.05. The van der Waals surface area contributed by atoms with Gasteiger partial charge in [0.2, 0.25) is 11.8 Å². The number of azo groups is 1. The molecule has 58 heavy (non-hydrogen) atoms. The molecule has 1 unspecified atom stereocenters. The molecule has 1 heterocycles. The number of carbonyl (C=O) groups excluding carboxylic acids is 2. The van der Waals surface area contributed by atoms with E-state index in [1.807, 2.05) is 45.9 Å². The van der Waals surface area contributed by atoms with E-state index >= 15 is 0 Å². The lowest BCUT2D eigenvalue weighted by Crippen LogP contribution is -2.26. The molecule has 0 radical (unpaired) electrons. The average molecular weight is 836 g/mol. The molecule has 0 bridgehead atoms. The zero-order chi connectivity index (χ0) is 42.7. The quantitative estimate of drug-likeness (QED) is 0.0649. The second-order valence-electron chi connectivity index (χ2n) is 16.5. The van der Waals surface area contributed by atoms with Crippen molar-refractivity contribution in [1.82, 2.24) is 9.78 Å². The normalized spacial score (nSPS) is 12.2. The topological polar surface area (TPSA) is 128 Å². The van der Waals surface area contributed by atoms with Crippen molar-refractivity contribution in [1.29, 1.82) is 5.26 Å². The highest BCUT2D eigenvalue weighted by molar-refractivity contribution is 6.38. The van der Waals surface area contributed by atoms with E-state index in [0.717, 1.165) is 57.3 Å². The highest BCUT2D eigenvalue weighted by Crippen LogP contribution is 2.40. The monoisotopic (exact) mass is 834 g/mol. The fourth-order valence-electron chi connectivity index (χ4n) is 7.08. The number of halogens is 2. The molecule has 0 aliphatic heterocycles. The van der Waals surface area contributed by atoms with Gasteiger partial charge in [0.1, 0.15) is 23.0 Å². The number of benzene rings is 2. The van der Waals surface area contributed by atoms with Gasteiger partial charge < -0.3 is 15.5 Å². The maximum absolute atomic E-state index is 13.1. The Morgan fingerprint density at radius 1 is 0.828 bits per heavy atom. The Morgan fingerprint density at radius 2 is 1.40 bits per heavy atom. The average Bonchev–Trinajstić information content (AvgIpc) is 3.54. The Labute approximate surface area is 358 Å². The first-order valence-corrected chi connectivity index (χ1v) is 22.5. The standard InChI is InChI=1S/C46H68Cl2N8O2/c1-9-13-16-18-20-22-27-55(28-23-21-19-17-14-10-2)36-25-26-40(41(31-36)50-33(5)57)52-53-44-37(32-49)43(46(6,7)8)54-56(44)42-38(47)29-35(30-39(42)48)51-45(58)34(12-4)24-15-11-3/h25-26,29-31,34H,9-24,27-28H2,1-8H3,(H,50,57)(H,51,58). The molecule has 0 fully saturated rings. The van der Waals surface area contributed by atoms with Crippen LogP contribution in [0.2, 0.25) is 10.0 Å². The molecule has 0 saturated carbocycles. The summed E-state index contributed by atoms with van der Waals surface area (Å²) >= 11 is 13.8. The van der Waals surface area contributed by atoms with Crippen LogP contribution in [0.5, 0.6) is 0 Å². The number of hydrogen-bond acceptors (Lipinski definition) is 7. The Bertz CT molecular complexity index is 1800. The summed E-state index contributed by atoms with van der Waals surface area (Å²) in [5, 5.41) is 31.0. The van der Waals surface area contributed by atoms with E-state index in [4.69, 9.17) is 28.3 Å². The second-order valence-corrected chi connectivity index (χ2v) is 17.3. The van der Waals surface area contributed by atoms with Gasteiger partial charge in [-0.2, -0.15) is 10.4 Å². The fraction of sp³-hybridized carbons (Fsp3) is 0.609. The van der Waals surface area contributed by atoms with Crippen molar-refractivity contribution in [3.8, 4) is 11.8 Å². The lowest BCUT2D eigenvalue weighted by molar-refractivity contribution is -0.120. The SMILES string of the molecule is CCCCCCCCN(CCCCCCCC)c1ccc(N=Nc2c(C#N)c(C(C)(C)C)nn2-c2c(Cl)cc(NC(=O)C(CC)CCCC)cc2Cl)c(NC(C)=O)c1. The van der Waals surface area contributed by atoms with Crippen LogP contribution in [0.15, 0.2) is 40.6 Å². The molecule has 12 heteroatoms. The highest BCUT2D eigenvalue weighted by atomic mass is 35.5. The molecule has 0 aliphatic rings. The first-order valence-electron chi connectivity index (χ1n) is 21.7. The number of aromatic nitrogens is 2. The fourth-order valence-corrected chi connectivity index (χ4v) is 7.72. The molecular weight excluding hydrogens is 767 g/mol. The third-order valence-corrected chi connectivity index (χ3v) is 11.0. The van der Waals surface area contributed by atoms with Gasteiger partial charge in [0, 0.05) is 42.7 Å². The Kier molecular flexibility index (Phi) is 20.8. The van der Waals surface area contributed by atoms with E-state index in [-0.39, 0.29) is 39.2 Å². The van der Waals surface area contributed by atoms with Gasteiger partial charge in [-0.05, 0) is 56.0 Å². The van der Waals surface area contributed by atoms with Crippen LogP contribution in [0, 0.1) is 17.2 Å². The van der Waals surface area contributed by atoms with Crippen LogP contribution >= 0.6 is 23.2 Å². The minimum Gasteiger partial charge on any atom is -0.371 e. The molecule has 3 aromatic rings. The maximum atomic E-state index is 13.1. The largest absolute Gasteiger partial charge is 0.371 e. The molecular formula is C46H68Cl2N8O2. The van der Waals surface area contributed by atoms with E-state index in [2.05, 4.69) is 52.6 Å². The zero-order valence-electron chi connectivity index (χ0n) is 36.4. The number of unbranched alkanes of at least 4 members (excludes halogenated alkanes) is 11. The van der Waals surface area contributed by atoms with Gasteiger partial charge in [0.15, 0.2) is 5.82 Å². The van der Waals surface area contributed by atoms with Crippen LogP contribution in [-0.4, -0.2) is 34.7 Å². The second kappa shape index (κ2) is 24.9. The van der Waals surface area contributed by atoms with Gasteiger partial charge in [-0.15, -0.1) is 10.2 Å². The predicted molar refractivity (Wildman–Crippen MR) is 243 cm³/mol. The summed E-state index contributed by atoms with van der Waals surface area (Å²) in [4.78, 5) is 28.1. The van der Waals surface area contributed by atoms with Crippen molar-refractivity contribution in [2.75, 3.05) is 28.6 Å². The van der Waals surface area contributed by atoms with Crippen LogP contribution in [0.4, 0.5) is 28.6 Å². The molecule has 3 rings (SSSR count). The summed E-state index contributed by atoms with van der Waals surface area (Å²) in [5.74, 6) is -0.293. The molecule has 2 amide bonds. The molecule has 2 aromatic carbocycles. The summed E-state index contributed by atoms with van der Waals surface area (Å²) < 4.78 is 1.45. The van der Waals surface area contributed by atoms with Crippen molar-refractivity contribution in [3.05, 3.63) is 51.6 Å². The van der Waals surface area contributed by atoms with Gasteiger partial charge >= 0.3 is 0 Å². The molecule has 1 aromatic heterocycles. The molecule has 318 valence electrons. The number of anilines is 3. The van der Waals surface area contributed by atoms with Gasteiger partial charge in [-0.1, -0.05) is 149 Å². The maximum Gasteiger partial charge on any atom is 0.227 e. The van der Waals surface area contributed by atoms with Crippen LogP contribution in [-0.2, 0) is 15.0 Å². The molecule has 0 saturated heterocycles. The minimum absolute atomic E-state index is 0.0832. The van der Waals surface area contributed by atoms with Crippen LogP contribution in [0.25, 0.3) is 5.69 Å². The summed E-state index contributed by atoms with van der Waals surface area (Å²) in [6.45, 7) is 17.8. The summed E-state index contributed by atoms with van der Waals surface area (Å²) in [6, 6.07) is 11.4. The van der Waals surface area contributed by atoms with E-state index < -0.39 is 5.41 Å². The molecule has 1 atom stereocenters. The lowest BCUT2D eigenvalue weighted by atomic mass is 9.90. The van der Waals surface area contributed by atoms with Gasteiger partial charge in [-0.3, -0.25) is 9.59 Å². The van der Waals surface area contributed by atoms with Crippen molar-refractivity contribution >= 4 is 63.6 Å². The summed E-state index contributed by atoms with van der Waals surface area (Å²) in [7, 11) is 0. The van der Waals surface area contributed by atoms with Gasteiger partial charge in [-0.25, -0.2) is 4.68 Å². The molecule has 10 nitrogen and oxygen atoms in total. The minimum atomic E-state index is -0.542. The molecule has 2 N–H and O–H groups in total. The van der Waals surface area contributed by atoms with Gasteiger partial charge in [0.25, 0.3) is 0 Å². The van der Waals surface area contributed by atoms with Gasteiger partial charge in [0.05, 0.1) is 21.4 Å². The third-order valence-electron chi connectivity index (χ3n) is 10.4. The smallest absolute Gasteiger partial charge is 0.227 e. The number of nitriles is 1. The van der Waals surface area contributed by atoms with Crippen LogP contribution in [0.3, 0.4) is 0 Å². The predicted octanol–water partition coefficient (Wildman–Crippen LogP) is 14.4. The number of amides is 2. The van der Waals surface area contributed by atoms with Crippen molar-refractivity contribution < 1.29 is 9.59 Å². The van der Waals surface area contributed by atoms with Crippen molar-refractivity contribution in [2.45, 2.75) is 164 Å². The van der Waals surface area contributed by atoms with E-state index in [0.29, 0.717) is 28.4 Å². The number of hydrogen-bond donors (Lipinski definition) is 2. The first kappa shape index (κ1) is 48.4. The van der Waals surface area contributed by atoms with E-state index in [1.165, 1.54) is 75.8 Å². The zero-order valence-corrected chi connectivity index (χ0v) is 38.0. The third kappa shape index (κ3) is 14.7. The number of nitrogens with one attached hydrogen (secondary N) is 2. The highest BCUT2D eigenvalue weighted by Gasteiger charge is 2.30. The lowest BCUT2D eigenvalue weighted by Gasteiger charge is -2.26. The van der Waals surface area contributed by atoms with Crippen molar-refractivity contribution in [2.24, 2.45) is 16.1 Å². The Hall–Kier alpha value is -3.94. The number of carbonyl (C=O) groups is 2. The first-order chi connectivity index (χ1) is 27.8. The van der Waals surface area contributed by atoms with Crippen LogP contribution in [0.1, 0.15) is 169 Å².